The largest absolute Gasteiger partial charge is 0.493 e. The van der Waals surface area contributed by atoms with E-state index in [0.717, 1.165) is 46.6 Å². The quantitative estimate of drug-likeness (QED) is 0.277. The molecule has 0 radical (unpaired) electrons. The summed E-state index contributed by atoms with van der Waals surface area (Å²) in [6.45, 7) is 9.45. The molecule has 0 aromatic heterocycles. The molecule has 0 spiro atoms. The molecule has 6 nitrogen and oxygen atoms in total. The first-order valence-corrected chi connectivity index (χ1v) is 11.6. The zero-order valence-corrected chi connectivity index (χ0v) is 20.2. The molecule has 178 valence electrons. The first-order valence-electron chi connectivity index (χ1n) is 11.6. The molecular weight excluding hydrogens is 430 g/mol. The lowest BCUT2D eigenvalue weighted by atomic mass is 9.86. The summed E-state index contributed by atoms with van der Waals surface area (Å²) in [7, 11) is 0. The van der Waals surface area contributed by atoms with Gasteiger partial charge >= 0.3 is 0 Å². The molecule has 1 unspecified atom stereocenters. The molecule has 1 aliphatic rings. The minimum absolute atomic E-state index is 0.0554. The number of nitrogens with zero attached hydrogens (tertiary/aromatic N) is 1. The highest BCUT2D eigenvalue weighted by molar-refractivity contribution is 5.59. The van der Waals surface area contributed by atoms with Gasteiger partial charge in [-0.2, -0.15) is 0 Å². The molecule has 6 heteroatoms. The van der Waals surface area contributed by atoms with Gasteiger partial charge in [-0.15, -0.1) is 0 Å². The molecule has 34 heavy (non-hydrogen) atoms. The summed E-state index contributed by atoms with van der Waals surface area (Å²) in [4.78, 5) is 10.4. The molecule has 1 heterocycles. The zero-order chi connectivity index (χ0) is 24.3. The van der Waals surface area contributed by atoms with Gasteiger partial charge in [0.15, 0.2) is 0 Å². The Bertz CT molecular complexity index is 1170. The van der Waals surface area contributed by atoms with Gasteiger partial charge in [0, 0.05) is 24.1 Å². The molecule has 1 aliphatic heterocycles. The van der Waals surface area contributed by atoms with Gasteiger partial charge in [-0.3, -0.25) is 10.1 Å². The molecule has 0 saturated carbocycles. The Morgan fingerprint density at radius 3 is 2.35 bits per heavy atom. The van der Waals surface area contributed by atoms with Gasteiger partial charge in [0.1, 0.15) is 29.5 Å². The Kier molecular flexibility index (Phi) is 6.77. The van der Waals surface area contributed by atoms with E-state index in [0.29, 0.717) is 25.4 Å². The second-order valence-corrected chi connectivity index (χ2v) is 9.19. The van der Waals surface area contributed by atoms with Crippen LogP contribution in [-0.2, 0) is 13.0 Å². The van der Waals surface area contributed by atoms with Gasteiger partial charge in [0.25, 0.3) is 5.69 Å². The van der Waals surface area contributed by atoms with Gasteiger partial charge in [0.2, 0.25) is 0 Å². The fourth-order valence-electron chi connectivity index (χ4n) is 4.45. The Hall–Kier alpha value is -3.54. The van der Waals surface area contributed by atoms with Gasteiger partial charge in [-0.05, 0) is 74.9 Å². The van der Waals surface area contributed by atoms with E-state index >= 15 is 0 Å². The third-order valence-corrected chi connectivity index (χ3v) is 6.74. The van der Waals surface area contributed by atoms with E-state index in [4.69, 9.17) is 14.2 Å². The Morgan fingerprint density at radius 1 is 0.971 bits per heavy atom. The van der Waals surface area contributed by atoms with Crippen LogP contribution in [0, 0.1) is 30.9 Å². The molecule has 3 aromatic carbocycles. The number of rotatable bonds is 8. The molecule has 1 atom stereocenters. The van der Waals surface area contributed by atoms with Crippen LogP contribution in [0.1, 0.15) is 47.6 Å². The molecule has 3 aromatic rings. The standard InChI is InChI=1S/C28H31NO5/c1-19-20(2)27-25(21(3)26(19)33-18-22-8-6-5-7-9-22)14-15-28(4,34-27)16-17-32-24-12-10-23(11-13-24)29(30)31/h5-13H,14-18H2,1-4H3. The highest BCUT2D eigenvalue weighted by atomic mass is 16.6. The third-order valence-electron chi connectivity index (χ3n) is 6.74. The third kappa shape index (κ3) is 5.01. The van der Waals surface area contributed by atoms with Crippen LogP contribution >= 0.6 is 0 Å². The predicted octanol–water partition coefficient (Wildman–Crippen LogP) is 6.65. The van der Waals surface area contributed by atoms with Crippen molar-refractivity contribution in [1.82, 2.24) is 0 Å². The van der Waals surface area contributed by atoms with Crippen molar-refractivity contribution in [3.05, 3.63) is 92.5 Å². The lowest BCUT2D eigenvalue weighted by Crippen LogP contribution is -2.38. The van der Waals surface area contributed by atoms with E-state index in [1.165, 1.54) is 17.7 Å². The maximum absolute atomic E-state index is 10.8. The number of nitro groups is 1. The van der Waals surface area contributed by atoms with Gasteiger partial charge in [-0.1, -0.05) is 30.3 Å². The molecule has 0 amide bonds. The van der Waals surface area contributed by atoms with Gasteiger partial charge in [-0.25, -0.2) is 0 Å². The van der Waals surface area contributed by atoms with E-state index in [-0.39, 0.29) is 11.3 Å². The van der Waals surface area contributed by atoms with Crippen molar-refractivity contribution >= 4 is 5.69 Å². The maximum atomic E-state index is 10.8. The van der Waals surface area contributed by atoms with Crippen molar-refractivity contribution in [3.63, 3.8) is 0 Å². The normalized spacial score (nSPS) is 16.9. The monoisotopic (exact) mass is 461 g/mol. The maximum Gasteiger partial charge on any atom is 0.269 e. The van der Waals surface area contributed by atoms with E-state index in [1.54, 1.807) is 12.1 Å². The lowest BCUT2D eigenvalue weighted by Gasteiger charge is -2.38. The van der Waals surface area contributed by atoms with Crippen LogP contribution < -0.4 is 14.2 Å². The van der Waals surface area contributed by atoms with Gasteiger partial charge in [0.05, 0.1) is 11.5 Å². The summed E-state index contributed by atoms with van der Waals surface area (Å²) in [5.74, 6) is 2.54. The topological polar surface area (TPSA) is 70.8 Å². The lowest BCUT2D eigenvalue weighted by molar-refractivity contribution is -0.384. The van der Waals surface area contributed by atoms with Crippen LogP contribution in [0.25, 0.3) is 0 Å². The molecular formula is C28H31NO5. The number of hydrogen-bond donors (Lipinski definition) is 0. The number of ether oxygens (including phenoxy) is 3. The molecule has 0 aliphatic carbocycles. The Labute approximate surface area is 200 Å². The van der Waals surface area contributed by atoms with E-state index < -0.39 is 4.92 Å². The molecule has 0 saturated heterocycles. The van der Waals surface area contributed by atoms with E-state index in [2.05, 4.69) is 39.8 Å². The second kappa shape index (κ2) is 9.75. The van der Waals surface area contributed by atoms with Crippen molar-refractivity contribution in [2.24, 2.45) is 0 Å². The zero-order valence-electron chi connectivity index (χ0n) is 20.2. The van der Waals surface area contributed by atoms with Crippen molar-refractivity contribution in [2.75, 3.05) is 6.61 Å². The van der Waals surface area contributed by atoms with E-state index in [1.807, 2.05) is 18.2 Å². The minimum Gasteiger partial charge on any atom is -0.493 e. The number of benzene rings is 3. The van der Waals surface area contributed by atoms with Crippen molar-refractivity contribution < 1.29 is 19.1 Å². The van der Waals surface area contributed by atoms with Crippen LogP contribution in [0.3, 0.4) is 0 Å². The predicted molar refractivity (Wildman–Crippen MR) is 132 cm³/mol. The highest BCUT2D eigenvalue weighted by Gasteiger charge is 2.34. The summed E-state index contributed by atoms with van der Waals surface area (Å²) < 4.78 is 18.7. The molecule has 0 fully saturated rings. The number of nitro benzene ring substituents is 1. The van der Waals surface area contributed by atoms with Gasteiger partial charge < -0.3 is 14.2 Å². The summed E-state index contributed by atoms with van der Waals surface area (Å²) in [5.41, 5.74) is 5.46. The first-order chi connectivity index (χ1) is 16.3. The summed E-state index contributed by atoms with van der Waals surface area (Å²) >= 11 is 0. The molecule has 4 rings (SSSR count). The highest BCUT2D eigenvalue weighted by Crippen LogP contribution is 2.44. The van der Waals surface area contributed by atoms with Crippen LogP contribution in [-0.4, -0.2) is 17.1 Å². The average Bonchev–Trinajstić information content (AvgIpc) is 2.83. The van der Waals surface area contributed by atoms with Crippen LogP contribution in [0.4, 0.5) is 5.69 Å². The number of fused-ring (bicyclic) bond motifs is 1. The Balaban J connectivity index is 1.44. The summed E-state index contributed by atoms with van der Waals surface area (Å²) in [6, 6.07) is 16.4. The fraction of sp³-hybridized carbons (Fsp3) is 0.357. The number of hydrogen-bond acceptors (Lipinski definition) is 5. The Morgan fingerprint density at radius 2 is 1.68 bits per heavy atom. The van der Waals surface area contributed by atoms with Crippen LogP contribution in [0.2, 0.25) is 0 Å². The molecule has 0 bridgehead atoms. The number of non-ortho nitro benzene ring substituents is 1. The van der Waals surface area contributed by atoms with Crippen LogP contribution in [0.15, 0.2) is 54.6 Å². The van der Waals surface area contributed by atoms with Crippen LogP contribution in [0.5, 0.6) is 17.2 Å². The fourth-order valence-corrected chi connectivity index (χ4v) is 4.45. The average molecular weight is 462 g/mol. The smallest absolute Gasteiger partial charge is 0.269 e. The van der Waals surface area contributed by atoms with Crippen molar-refractivity contribution in [2.45, 2.75) is 59.2 Å². The first kappa shape index (κ1) is 23.6. The second-order valence-electron chi connectivity index (χ2n) is 9.19. The SMILES string of the molecule is Cc1c(C)c2c(c(C)c1OCc1ccccc1)CCC(C)(CCOc1ccc([N+](=O)[O-])cc1)O2. The molecule has 0 N–H and O–H groups in total. The van der Waals surface area contributed by atoms with Crippen molar-refractivity contribution in [1.29, 1.82) is 0 Å². The summed E-state index contributed by atoms with van der Waals surface area (Å²) in [5, 5.41) is 10.8. The minimum atomic E-state index is -0.414. The summed E-state index contributed by atoms with van der Waals surface area (Å²) in [6.07, 6.45) is 2.51. The van der Waals surface area contributed by atoms with Crippen molar-refractivity contribution in [3.8, 4) is 17.2 Å². The van der Waals surface area contributed by atoms with E-state index in [9.17, 15) is 10.1 Å².